The number of rotatable bonds is 7. The fourth-order valence-corrected chi connectivity index (χ4v) is 5.84. The van der Waals surface area contributed by atoms with Gasteiger partial charge in [-0.1, -0.05) is 18.2 Å². The van der Waals surface area contributed by atoms with E-state index < -0.39 is 5.92 Å². The van der Waals surface area contributed by atoms with Gasteiger partial charge in [-0.25, -0.2) is 9.67 Å². The van der Waals surface area contributed by atoms with Crippen molar-refractivity contribution in [2.24, 2.45) is 0 Å². The number of pyridine rings is 1. The molecule has 2 aromatic heterocycles. The first kappa shape index (κ1) is 24.5. The van der Waals surface area contributed by atoms with Gasteiger partial charge in [-0.15, -0.1) is 0 Å². The first-order valence-corrected chi connectivity index (χ1v) is 12.8. The maximum Gasteiger partial charge on any atom is 0.287 e. The number of methoxy groups -OCH3 is 1. The van der Waals surface area contributed by atoms with Gasteiger partial charge in [0, 0.05) is 42.5 Å². The van der Waals surface area contributed by atoms with Crippen LogP contribution >= 0.6 is 0 Å². The second-order valence-electron chi connectivity index (χ2n) is 10.2. The first-order valence-electron chi connectivity index (χ1n) is 12.8. The van der Waals surface area contributed by atoms with E-state index in [4.69, 9.17) is 4.74 Å². The summed E-state index contributed by atoms with van der Waals surface area (Å²) in [7, 11) is 1.67. The molecule has 38 heavy (non-hydrogen) atoms. The van der Waals surface area contributed by atoms with Crippen molar-refractivity contribution >= 4 is 16.8 Å². The molecule has 2 aliphatic heterocycles. The van der Waals surface area contributed by atoms with Crippen molar-refractivity contribution in [3.05, 3.63) is 83.7 Å². The zero-order valence-electron chi connectivity index (χ0n) is 21.3. The lowest BCUT2D eigenvalue weighted by Gasteiger charge is -2.25. The molecule has 2 aliphatic rings. The third-order valence-electron chi connectivity index (χ3n) is 7.75. The Kier molecular flexibility index (Phi) is 6.10. The molecular formula is C29H29F2N5O2. The van der Waals surface area contributed by atoms with Gasteiger partial charge in [0.2, 0.25) is 0 Å². The lowest BCUT2D eigenvalue weighted by Crippen LogP contribution is -2.43. The normalized spacial score (nSPS) is 21.2. The van der Waals surface area contributed by atoms with E-state index >= 15 is 0 Å². The molecule has 7 nitrogen and oxygen atoms in total. The summed E-state index contributed by atoms with van der Waals surface area (Å²) in [5.74, 6) is -2.02. The molecule has 9 heteroatoms. The fraction of sp³-hybridized carbons (Fsp3) is 0.345. The van der Waals surface area contributed by atoms with E-state index in [0.717, 1.165) is 43.9 Å². The van der Waals surface area contributed by atoms with E-state index in [-0.39, 0.29) is 17.6 Å². The second-order valence-corrected chi connectivity index (χ2v) is 10.2. The van der Waals surface area contributed by atoms with E-state index in [1.165, 1.54) is 22.4 Å². The molecule has 2 fully saturated rings. The van der Waals surface area contributed by atoms with Gasteiger partial charge in [0.15, 0.2) is 5.82 Å². The van der Waals surface area contributed by atoms with Crippen LogP contribution in [0.2, 0.25) is 0 Å². The number of halogens is 2. The number of amides is 1. The lowest BCUT2D eigenvalue weighted by atomic mass is 9.95. The molecule has 2 saturated heterocycles. The first-order chi connectivity index (χ1) is 18.3. The SMILES string of the molecule is COc1ccc(CN2[C@H]3CC[C@@H]2[C@H](NC(=O)c2ccc4c(cnn4-c4cccc(C(C)(F)F)n4)c2)C3)cc1. The van der Waals surface area contributed by atoms with Gasteiger partial charge < -0.3 is 10.1 Å². The summed E-state index contributed by atoms with van der Waals surface area (Å²) in [4.78, 5) is 19.8. The molecule has 0 spiro atoms. The van der Waals surface area contributed by atoms with E-state index in [9.17, 15) is 13.6 Å². The quantitative estimate of drug-likeness (QED) is 0.370. The van der Waals surface area contributed by atoms with Crippen molar-refractivity contribution in [1.29, 1.82) is 0 Å². The van der Waals surface area contributed by atoms with Crippen molar-refractivity contribution in [2.75, 3.05) is 7.11 Å². The number of benzene rings is 2. The molecule has 0 saturated carbocycles. The van der Waals surface area contributed by atoms with Gasteiger partial charge >= 0.3 is 0 Å². The minimum absolute atomic E-state index is 0.0978. The Morgan fingerprint density at radius 3 is 2.71 bits per heavy atom. The predicted molar refractivity (Wildman–Crippen MR) is 140 cm³/mol. The Morgan fingerprint density at radius 2 is 1.95 bits per heavy atom. The molecule has 6 rings (SSSR count). The third-order valence-corrected chi connectivity index (χ3v) is 7.75. The van der Waals surface area contributed by atoms with Crippen molar-refractivity contribution in [2.45, 2.75) is 56.8 Å². The van der Waals surface area contributed by atoms with Gasteiger partial charge in [0.05, 0.1) is 18.8 Å². The number of hydrogen-bond acceptors (Lipinski definition) is 5. The van der Waals surface area contributed by atoms with Gasteiger partial charge in [-0.05, 0) is 67.3 Å². The highest BCUT2D eigenvalue weighted by Crippen LogP contribution is 2.39. The average molecular weight is 518 g/mol. The molecule has 2 bridgehead atoms. The zero-order valence-corrected chi connectivity index (χ0v) is 21.3. The van der Waals surface area contributed by atoms with Crippen LogP contribution < -0.4 is 10.1 Å². The molecule has 3 atom stereocenters. The summed E-state index contributed by atoms with van der Waals surface area (Å²) in [5, 5.41) is 8.35. The number of fused-ring (bicyclic) bond motifs is 3. The molecule has 2 aromatic carbocycles. The number of carbonyl (C=O) groups is 1. The fourth-order valence-electron chi connectivity index (χ4n) is 5.84. The number of hydrogen-bond donors (Lipinski definition) is 1. The molecule has 0 radical (unpaired) electrons. The van der Waals surface area contributed by atoms with Crippen LogP contribution in [0.15, 0.2) is 66.9 Å². The maximum absolute atomic E-state index is 13.8. The Balaban J connectivity index is 1.16. The molecule has 196 valence electrons. The average Bonchev–Trinajstić information content (AvgIpc) is 3.61. The molecule has 4 aromatic rings. The van der Waals surface area contributed by atoms with Crippen LogP contribution in [0.4, 0.5) is 8.78 Å². The Morgan fingerprint density at radius 1 is 1.13 bits per heavy atom. The summed E-state index contributed by atoms with van der Waals surface area (Å²) < 4.78 is 34.3. The van der Waals surface area contributed by atoms with Crippen LogP contribution in [-0.4, -0.2) is 50.8 Å². The summed E-state index contributed by atoms with van der Waals surface area (Å²) in [6.45, 7) is 1.68. The predicted octanol–water partition coefficient (Wildman–Crippen LogP) is 5.08. The van der Waals surface area contributed by atoms with E-state index in [1.807, 2.05) is 12.1 Å². The number of carbonyl (C=O) groups excluding carboxylic acids is 1. The zero-order chi connectivity index (χ0) is 26.4. The third kappa shape index (κ3) is 4.51. The second kappa shape index (κ2) is 9.47. The van der Waals surface area contributed by atoms with Crippen LogP contribution in [0.1, 0.15) is 47.8 Å². The van der Waals surface area contributed by atoms with E-state index in [0.29, 0.717) is 29.0 Å². The topological polar surface area (TPSA) is 72.3 Å². The smallest absolute Gasteiger partial charge is 0.287 e. The Hall–Kier alpha value is -3.85. The number of aromatic nitrogens is 3. The highest BCUT2D eigenvalue weighted by atomic mass is 19.3. The van der Waals surface area contributed by atoms with Crippen LogP contribution in [0.5, 0.6) is 5.75 Å². The van der Waals surface area contributed by atoms with Crippen LogP contribution in [0, 0.1) is 0 Å². The van der Waals surface area contributed by atoms with Crippen molar-refractivity contribution < 1.29 is 18.3 Å². The maximum atomic E-state index is 13.8. The number of nitrogens with one attached hydrogen (secondary N) is 1. The van der Waals surface area contributed by atoms with E-state index in [1.54, 1.807) is 37.6 Å². The summed E-state index contributed by atoms with van der Waals surface area (Å²) in [6.07, 6.45) is 4.79. The number of nitrogens with zero attached hydrogens (tertiary/aromatic N) is 4. The Bertz CT molecular complexity index is 1480. The molecule has 0 unspecified atom stereocenters. The Labute approximate surface area is 219 Å². The van der Waals surface area contributed by atoms with Gasteiger partial charge in [-0.3, -0.25) is 9.69 Å². The van der Waals surface area contributed by atoms with Crippen molar-refractivity contribution in [3.63, 3.8) is 0 Å². The molecule has 0 aliphatic carbocycles. The largest absolute Gasteiger partial charge is 0.497 e. The highest BCUT2D eigenvalue weighted by Gasteiger charge is 2.46. The number of alkyl halides is 2. The molecular weight excluding hydrogens is 488 g/mol. The molecule has 4 heterocycles. The molecule has 1 amide bonds. The van der Waals surface area contributed by atoms with Gasteiger partial charge in [0.25, 0.3) is 11.8 Å². The minimum Gasteiger partial charge on any atom is -0.497 e. The van der Waals surface area contributed by atoms with E-state index in [2.05, 4.69) is 32.4 Å². The standard InChI is InChI=1S/C29H29F2N5O2/c1-29(30,31)26-4-3-5-27(34-26)36-24-12-8-19(14-20(24)16-32-36)28(37)33-23-15-21-9-13-25(23)35(21)17-18-6-10-22(38-2)11-7-18/h3-8,10-12,14,16,21,23,25H,9,13,15,17H2,1-2H3,(H,33,37)/t21-,23+,25+/m0/s1. The lowest BCUT2D eigenvalue weighted by molar-refractivity contribution is 0.0127. The van der Waals surface area contributed by atoms with Crippen LogP contribution in [0.3, 0.4) is 0 Å². The minimum atomic E-state index is -3.05. The van der Waals surface area contributed by atoms with Gasteiger partial charge in [0.1, 0.15) is 11.4 Å². The monoisotopic (exact) mass is 517 g/mol. The number of ether oxygens (including phenoxy) is 1. The van der Waals surface area contributed by atoms with Crippen LogP contribution in [-0.2, 0) is 12.5 Å². The molecule has 1 N–H and O–H groups in total. The highest BCUT2D eigenvalue weighted by molar-refractivity contribution is 5.98. The van der Waals surface area contributed by atoms with Crippen molar-refractivity contribution in [3.8, 4) is 11.6 Å². The summed E-state index contributed by atoms with van der Waals surface area (Å²) in [6, 6.07) is 18.8. The van der Waals surface area contributed by atoms with Crippen molar-refractivity contribution in [1.82, 2.24) is 25.0 Å². The van der Waals surface area contributed by atoms with Gasteiger partial charge in [-0.2, -0.15) is 13.9 Å². The summed E-state index contributed by atoms with van der Waals surface area (Å²) >= 11 is 0. The van der Waals surface area contributed by atoms with Crippen LogP contribution in [0.25, 0.3) is 16.7 Å². The summed E-state index contributed by atoms with van der Waals surface area (Å²) in [5.41, 5.74) is 2.15.